The minimum absolute atomic E-state index is 0. The van der Waals surface area contributed by atoms with Gasteiger partial charge in [-0.2, -0.15) is 0 Å². The molecule has 0 unspecified atom stereocenters. The first-order valence-corrected chi connectivity index (χ1v) is 7.00. The Morgan fingerprint density at radius 1 is 0.769 bits per heavy atom. The number of halogens is 3. The van der Waals surface area contributed by atoms with Crippen molar-refractivity contribution in [1.82, 2.24) is 0 Å². The zero-order valence-electron chi connectivity index (χ0n) is 7.41. The van der Waals surface area contributed by atoms with Gasteiger partial charge in [0.2, 0.25) is 0 Å². The smallest absolute Gasteiger partial charge is 0.0516 e. The van der Waals surface area contributed by atoms with E-state index >= 15 is 0 Å². The standard InChI is InChI=1S/C7H16.CH2I2.2CH4.HI/c1-3-5-7-6-4-2;2-1-3;;;/h3-7H2,1-2H3;1H2;2*1H4;1H. The fourth-order valence-corrected chi connectivity index (χ4v) is 0.677. The third kappa shape index (κ3) is 55.0. The molecule has 0 amide bonds. The molecule has 88 valence electrons. The van der Waals surface area contributed by atoms with Gasteiger partial charge in [0.15, 0.2) is 0 Å². The third-order valence-electron chi connectivity index (χ3n) is 1.21. The van der Waals surface area contributed by atoms with E-state index in [4.69, 9.17) is 0 Å². The van der Waals surface area contributed by atoms with Crippen molar-refractivity contribution in [2.45, 2.75) is 60.8 Å². The Morgan fingerprint density at radius 3 is 1.15 bits per heavy atom. The summed E-state index contributed by atoms with van der Waals surface area (Å²) in [5.74, 6) is 0. The molecule has 13 heavy (non-hydrogen) atoms. The van der Waals surface area contributed by atoms with E-state index in [1.165, 1.54) is 34.5 Å². The summed E-state index contributed by atoms with van der Waals surface area (Å²) in [5.41, 5.74) is 0. The van der Waals surface area contributed by atoms with Crippen molar-refractivity contribution in [3.8, 4) is 0 Å². The second kappa shape index (κ2) is 36.8. The second-order valence-corrected chi connectivity index (χ2v) is 6.61. The predicted octanol–water partition coefficient (Wildman–Crippen LogP) is 6.68. The number of unbranched alkanes of at least 4 members (excludes halogenated alkanes) is 4. The van der Waals surface area contributed by atoms with Crippen molar-refractivity contribution in [2.24, 2.45) is 0 Å². The molecule has 0 saturated heterocycles. The quantitative estimate of drug-likeness (QED) is 0.217. The third-order valence-corrected chi connectivity index (χ3v) is 1.21. The molecule has 0 N–H and O–H groups in total. The van der Waals surface area contributed by atoms with Crippen LogP contribution in [0.5, 0.6) is 0 Å². The summed E-state index contributed by atoms with van der Waals surface area (Å²) in [6, 6.07) is 0. The van der Waals surface area contributed by atoms with Crippen LogP contribution in [0.4, 0.5) is 0 Å². The van der Waals surface area contributed by atoms with Gasteiger partial charge in [-0.15, -0.1) is 24.0 Å². The highest BCUT2D eigenvalue weighted by Gasteiger charge is 1.80. The molecule has 0 nitrogen and oxygen atoms in total. The minimum atomic E-state index is 0. The Balaban J connectivity index is -0.0000000320. The SMILES string of the molecule is C.C.CCCCCCC.I.ICI. The predicted molar refractivity (Wildman–Crippen MR) is 96.2 cm³/mol. The van der Waals surface area contributed by atoms with Crippen LogP contribution in [-0.4, -0.2) is 2.43 Å². The van der Waals surface area contributed by atoms with Crippen molar-refractivity contribution < 1.29 is 0 Å². The lowest BCUT2D eigenvalue weighted by atomic mass is 10.2. The van der Waals surface area contributed by atoms with E-state index in [9.17, 15) is 0 Å². The largest absolute Gasteiger partial charge is 0.107 e. The van der Waals surface area contributed by atoms with Crippen LogP contribution in [0.2, 0.25) is 0 Å². The van der Waals surface area contributed by atoms with Crippen molar-refractivity contribution >= 4 is 69.2 Å². The summed E-state index contributed by atoms with van der Waals surface area (Å²) in [5, 5.41) is 0. The maximum Gasteiger partial charge on any atom is 0.0516 e. The molecule has 0 atom stereocenters. The highest BCUT2D eigenvalue weighted by Crippen LogP contribution is 2.00. The molecular weight excluding hydrogens is 501 g/mol. The molecule has 0 aliphatic heterocycles. The molecule has 0 radical (unpaired) electrons. The molecule has 0 aromatic heterocycles. The highest BCUT2D eigenvalue weighted by molar-refractivity contribution is 14.2. The van der Waals surface area contributed by atoms with Gasteiger partial charge in [0.05, 0.1) is 2.43 Å². The zero-order chi connectivity index (χ0) is 8.24. The van der Waals surface area contributed by atoms with Gasteiger partial charge in [0.25, 0.3) is 0 Å². The monoisotopic (exact) mass is 528 g/mol. The number of hydrogen-bond donors (Lipinski definition) is 0. The molecule has 0 bridgehead atoms. The normalized spacial score (nSPS) is 6.46. The first-order chi connectivity index (χ1) is 4.83. The van der Waals surface area contributed by atoms with Gasteiger partial charge < -0.3 is 0 Å². The number of alkyl halides is 2. The number of rotatable bonds is 4. The van der Waals surface area contributed by atoms with E-state index in [-0.39, 0.29) is 38.8 Å². The van der Waals surface area contributed by atoms with Crippen LogP contribution < -0.4 is 0 Å². The van der Waals surface area contributed by atoms with E-state index in [2.05, 4.69) is 59.0 Å². The maximum atomic E-state index is 2.28. The molecule has 3 heteroatoms. The Bertz CT molecular complexity index is 37.2. The van der Waals surface area contributed by atoms with Crippen molar-refractivity contribution in [2.75, 3.05) is 2.43 Å². The molecule has 0 aromatic rings. The second-order valence-electron chi connectivity index (χ2n) is 2.16. The summed E-state index contributed by atoms with van der Waals surface area (Å²) < 4.78 is 1.19. The van der Waals surface area contributed by atoms with Crippen LogP contribution in [0.25, 0.3) is 0 Å². The van der Waals surface area contributed by atoms with Gasteiger partial charge >= 0.3 is 0 Å². The van der Waals surface area contributed by atoms with Gasteiger partial charge in [-0.25, -0.2) is 0 Å². The Kier molecular flexibility index (Phi) is 83.4. The first-order valence-electron chi connectivity index (χ1n) is 3.95. The molecule has 0 rings (SSSR count). The fourth-order valence-electron chi connectivity index (χ4n) is 0.677. The maximum absolute atomic E-state index is 2.28. The van der Waals surface area contributed by atoms with Crippen molar-refractivity contribution in [3.05, 3.63) is 0 Å². The molecule has 0 saturated carbocycles. The van der Waals surface area contributed by atoms with E-state index in [1.807, 2.05) is 0 Å². The van der Waals surface area contributed by atoms with Gasteiger partial charge in [-0.05, 0) is 0 Å². The lowest BCUT2D eigenvalue weighted by Gasteiger charge is -1.90. The molecule has 0 heterocycles. The van der Waals surface area contributed by atoms with Crippen LogP contribution in [0, 0.1) is 0 Å². The molecule has 0 aliphatic rings. The van der Waals surface area contributed by atoms with Gasteiger partial charge in [0.1, 0.15) is 0 Å². The Hall–Kier alpha value is 2.19. The zero-order valence-corrected chi connectivity index (χ0v) is 14.1. The van der Waals surface area contributed by atoms with E-state index in [1.54, 1.807) is 0 Å². The van der Waals surface area contributed by atoms with E-state index < -0.39 is 0 Å². The van der Waals surface area contributed by atoms with E-state index in [0.717, 1.165) is 0 Å². The van der Waals surface area contributed by atoms with Crippen LogP contribution in [-0.2, 0) is 0 Å². The van der Waals surface area contributed by atoms with Gasteiger partial charge in [-0.3, -0.25) is 0 Å². The van der Waals surface area contributed by atoms with Crippen LogP contribution in [0.1, 0.15) is 60.8 Å². The van der Waals surface area contributed by atoms with Crippen LogP contribution in [0.3, 0.4) is 0 Å². The number of hydrogen-bond acceptors (Lipinski definition) is 0. The molecular formula is C10H27I3. The molecule has 0 aromatic carbocycles. The van der Waals surface area contributed by atoms with Gasteiger partial charge in [0, 0.05) is 0 Å². The molecule has 0 fully saturated rings. The first kappa shape index (κ1) is 29.5. The lowest BCUT2D eigenvalue weighted by molar-refractivity contribution is 0.656. The van der Waals surface area contributed by atoms with E-state index in [0.29, 0.717) is 0 Å². The summed E-state index contributed by atoms with van der Waals surface area (Å²) in [7, 11) is 0. The Labute approximate surface area is 131 Å². The fraction of sp³-hybridized carbons (Fsp3) is 1.00. The van der Waals surface area contributed by atoms with Crippen LogP contribution in [0.15, 0.2) is 0 Å². The minimum Gasteiger partial charge on any atom is -0.107 e. The molecule has 0 spiro atoms. The average molecular weight is 528 g/mol. The molecule has 0 aliphatic carbocycles. The van der Waals surface area contributed by atoms with Crippen molar-refractivity contribution in [3.63, 3.8) is 0 Å². The Morgan fingerprint density at radius 2 is 1.00 bits per heavy atom. The summed E-state index contributed by atoms with van der Waals surface area (Å²) in [6.07, 6.45) is 7.01. The van der Waals surface area contributed by atoms with Crippen molar-refractivity contribution in [1.29, 1.82) is 0 Å². The summed E-state index contributed by atoms with van der Waals surface area (Å²) >= 11 is 4.55. The summed E-state index contributed by atoms with van der Waals surface area (Å²) in [4.78, 5) is 0. The highest BCUT2D eigenvalue weighted by atomic mass is 127. The average Bonchev–Trinajstić information content (AvgIpc) is 1.91. The van der Waals surface area contributed by atoms with Crippen LogP contribution >= 0.6 is 69.2 Å². The summed E-state index contributed by atoms with van der Waals surface area (Å²) in [6.45, 7) is 4.49. The van der Waals surface area contributed by atoms with Gasteiger partial charge in [-0.1, -0.05) is 106 Å². The topological polar surface area (TPSA) is 0 Å². The lowest BCUT2D eigenvalue weighted by Crippen LogP contribution is -1.70.